The van der Waals surface area contributed by atoms with Gasteiger partial charge in [-0.05, 0) is 86.3 Å². The van der Waals surface area contributed by atoms with Crippen LogP contribution in [0.1, 0.15) is 109 Å². The highest BCUT2D eigenvalue weighted by Crippen LogP contribution is 2.50. The van der Waals surface area contributed by atoms with Crippen molar-refractivity contribution in [2.75, 3.05) is 0 Å². The maximum Gasteiger partial charge on any atom is 0.183 e. The van der Waals surface area contributed by atoms with E-state index in [0.29, 0.717) is 6.42 Å². The van der Waals surface area contributed by atoms with E-state index in [1.807, 2.05) is 26.8 Å². The number of aliphatic hydroxyl groups is 2. The number of benzene rings is 1. The van der Waals surface area contributed by atoms with Crippen LogP contribution in [0.5, 0.6) is 17.2 Å². The van der Waals surface area contributed by atoms with E-state index in [2.05, 4.69) is 6.08 Å². The smallest absolute Gasteiger partial charge is 0.183 e. The Hall–Kier alpha value is -4.07. The zero-order valence-electron chi connectivity index (χ0n) is 26.5. The first-order chi connectivity index (χ1) is 20.0. The lowest BCUT2D eigenvalue weighted by atomic mass is 9.70. The molecule has 2 aliphatic rings. The second kappa shape index (κ2) is 12.7. The predicted molar refractivity (Wildman–Crippen MR) is 167 cm³/mol. The van der Waals surface area contributed by atoms with Crippen LogP contribution in [0.25, 0.3) is 6.08 Å². The van der Waals surface area contributed by atoms with E-state index >= 15 is 0 Å². The van der Waals surface area contributed by atoms with Crippen molar-refractivity contribution in [3.8, 4) is 17.2 Å². The minimum atomic E-state index is -1.58. The monoisotopic (exact) mass is 592 g/mol. The molecule has 232 valence electrons. The van der Waals surface area contributed by atoms with Crippen molar-refractivity contribution in [3.63, 3.8) is 0 Å². The third-order valence-corrected chi connectivity index (χ3v) is 8.02. The standard InChI is InChI=1S/C35H44O8/c1-9-11-25(37)27-28(38)22-15-16-34(6,7)43-31(22)23(29(27)39)18-24-30(40)26(21(5)36)33(42)35(8,32(24)41)17-14-20(4)13-10-12-19(2)3/h12,14-16,38-41H,9-11,13,17-18H2,1-8H3/b20-14+. The lowest BCUT2D eigenvalue weighted by molar-refractivity contribution is -0.127. The highest BCUT2D eigenvalue weighted by Gasteiger charge is 2.47. The van der Waals surface area contributed by atoms with Gasteiger partial charge in [0.05, 0.1) is 11.0 Å². The van der Waals surface area contributed by atoms with E-state index in [0.717, 1.165) is 18.4 Å². The zero-order chi connectivity index (χ0) is 32.4. The van der Waals surface area contributed by atoms with Crippen molar-refractivity contribution in [2.24, 2.45) is 5.41 Å². The Morgan fingerprint density at radius 1 is 0.953 bits per heavy atom. The maximum atomic E-state index is 13.6. The van der Waals surface area contributed by atoms with Crippen molar-refractivity contribution in [1.82, 2.24) is 0 Å². The number of fused-ring (bicyclic) bond motifs is 1. The molecule has 0 fully saturated rings. The second-order valence-corrected chi connectivity index (χ2v) is 12.5. The largest absolute Gasteiger partial charge is 0.511 e. The molecule has 1 aliphatic carbocycles. The summed E-state index contributed by atoms with van der Waals surface area (Å²) in [6, 6.07) is 0. The molecule has 0 saturated carbocycles. The van der Waals surface area contributed by atoms with Crippen molar-refractivity contribution >= 4 is 23.4 Å². The first-order valence-electron chi connectivity index (χ1n) is 14.7. The lowest BCUT2D eigenvalue weighted by Crippen LogP contribution is -2.38. The Balaban J connectivity index is 2.24. The molecule has 1 aliphatic heterocycles. The molecule has 0 spiro atoms. The van der Waals surface area contributed by atoms with Gasteiger partial charge in [0.25, 0.3) is 0 Å². The van der Waals surface area contributed by atoms with Crippen LogP contribution in [0, 0.1) is 5.41 Å². The van der Waals surface area contributed by atoms with Crippen LogP contribution in [0.2, 0.25) is 0 Å². The maximum absolute atomic E-state index is 13.6. The van der Waals surface area contributed by atoms with Crippen molar-refractivity contribution in [3.05, 3.63) is 68.7 Å². The third-order valence-electron chi connectivity index (χ3n) is 8.02. The number of hydrogen-bond acceptors (Lipinski definition) is 8. The number of ether oxygens (including phenoxy) is 1. The number of rotatable bonds is 11. The van der Waals surface area contributed by atoms with Gasteiger partial charge in [0.1, 0.15) is 45.5 Å². The van der Waals surface area contributed by atoms with Crippen LogP contribution in [0.4, 0.5) is 0 Å². The van der Waals surface area contributed by atoms with E-state index in [1.54, 1.807) is 32.9 Å². The number of carbonyl (C=O) groups is 3. The molecular formula is C35H44O8. The van der Waals surface area contributed by atoms with Crippen LogP contribution in [-0.4, -0.2) is 43.4 Å². The molecular weight excluding hydrogens is 548 g/mol. The van der Waals surface area contributed by atoms with Gasteiger partial charge in [0, 0.05) is 24.0 Å². The van der Waals surface area contributed by atoms with E-state index in [4.69, 9.17) is 4.74 Å². The number of aromatic hydroxyl groups is 2. The minimum Gasteiger partial charge on any atom is -0.511 e. The molecule has 8 heteroatoms. The van der Waals surface area contributed by atoms with Gasteiger partial charge in [0.15, 0.2) is 17.3 Å². The molecule has 8 nitrogen and oxygen atoms in total. The Bertz CT molecular complexity index is 1510. The predicted octanol–water partition coefficient (Wildman–Crippen LogP) is 7.69. The van der Waals surface area contributed by atoms with Crippen LogP contribution >= 0.6 is 0 Å². The summed E-state index contributed by atoms with van der Waals surface area (Å²) in [6.45, 7) is 14.0. The summed E-state index contributed by atoms with van der Waals surface area (Å²) in [4.78, 5) is 39.3. The first-order valence-corrected chi connectivity index (χ1v) is 14.7. The molecule has 1 heterocycles. The number of ketones is 3. The number of aliphatic hydroxyl groups excluding tert-OH is 2. The van der Waals surface area contributed by atoms with Gasteiger partial charge in [-0.2, -0.15) is 0 Å². The summed E-state index contributed by atoms with van der Waals surface area (Å²) in [5.41, 5.74) is -0.900. The number of allylic oxidation sites excluding steroid dienone is 7. The number of carbonyl (C=O) groups excluding carboxylic acids is 3. The van der Waals surface area contributed by atoms with Crippen molar-refractivity contribution < 1.29 is 39.5 Å². The van der Waals surface area contributed by atoms with Crippen LogP contribution < -0.4 is 4.74 Å². The Kier molecular flexibility index (Phi) is 9.84. The normalized spacial score (nSPS) is 19.7. The molecule has 3 rings (SSSR count). The molecule has 1 atom stereocenters. The highest BCUT2D eigenvalue weighted by molar-refractivity contribution is 6.23. The molecule has 0 aromatic heterocycles. The number of phenols is 2. The molecule has 43 heavy (non-hydrogen) atoms. The van der Waals surface area contributed by atoms with E-state index in [1.165, 1.54) is 19.4 Å². The summed E-state index contributed by atoms with van der Waals surface area (Å²) in [7, 11) is 0. The fourth-order valence-corrected chi connectivity index (χ4v) is 5.42. The van der Waals surface area contributed by atoms with Crippen LogP contribution in [0.15, 0.2) is 52.0 Å². The minimum absolute atomic E-state index is 0.0332. The Labute approximate surface area is 253 Å². The van der Waals surface area contributed by atoms with Gasteiger partial charge in [-0.25, -0.2) is 0 Å². The lowest BCUT2D eigenvalue weighted by Gasteiger charge is -2.34. The molecule has 0 bridgehead atoms. The molecule has 1 unspecified atom stereocenters. The number of hydrogen-bond donors (Lipinski definition) is 4. The van der Waals surface area contributed by atoms with Crippen molar-refractivity contribution in [1.29, 1.82) is 0 Å². The molecule has 4 N–H and O–H groups in total. The van der Waals surface area contributed by atoms with E-state index < -0.39 is 57.0 Å². The van der Waals surface area contributed by atoms with E-state index in [-0.39, 0.29) is 47.3 Å². The Morgan fingerprint density at radius 2 is 1.60 bits per heavy atom. The fraction of sp³-hybridized carbons (Fsp3) is 0.457. The quantitative estimate of drug-likeness (QED) is 0.116. The van der Waals surface area contributed by atoms with Gasteiger partial charge < -0.3 is 25.2 Å². The first kappa shape index (κ1) is 33.4. The Morgan fingerprint density at radius 3 is 2.19 bits per heavy atom. The van der Waals surface area contributed by atoms with Crippen molar-refractivity contribution in [2.45, 2.75) is 99.5 Å². The van der Waals surface area contributed by atoms with Gasteiger partial charge in [-0.15, -0.1) is 0 Å². The van der Waals surface area contributed by atoms with Crippen LogP contribution in [0.3, 0.4) is 0 Å². The highest BCUT2D eigenvalue weighted by atomic mass is 16.5. The van der Waals surface area contributed by atoms with Gasteiger partial charge >= 0.3 is 0 Å². The summed E-state index contributed by atoms with van der Waals surface area (Å²) < 4.78 is 6.13. The third kappa shape index (κ3) is 6.63. The second-order valence-electron chi connectivity index (χ2n) is 12.5. The summed E-state index contributed by atoms with van der Waals surface area (Å²) in [5, 5.41) is 45.3. The van der Waals surface area contributed by atoms with E-state index in [9.17, 15) is 34.8 Å². The molecule has 0 amide bonds. The van der Waals surface area contributed by atoms with Gasteiger partial charge in [0.2, 0.25) is 0 Å². The molecule has 0 radical (unpaired) electrons. The van der Waals surface area contributed by atoms with Crippen LogP contribution in [-0.2, 0) is 16.0 Å². The number of phenolic OH excluding ortho intramolecular Hbond substituents is 2. The average molecular weight is 593 g/mol. The average Bonchev–Trinajstić information content (AvgIpc) is 2.90. The summed E-state index contributed by atoms with van der Waals surface area (Å²) in [6.07, 6.45) is 9.05. The number of Topliss-reactive ketones (excluding diaryl/α,β-unsaturated/α-hetero) is 3. The van der Waals surface area contributed by atoms with Gasteiger partial charge in [-0.3, -0.25) is 14.4 Å². The zero-order valence-corrected chi connectivity index (χ0v) is 26.5. The topological polar surface area (TPSA) is 141 Å². The SMILES string of the molecule is CCCC(=O)c1c(O)c2c(c(CC3=C(O)C(C)(C/C=C(\C)CCC=C(C)C)C(=O)C(C(C)=O)=C3O)c1O)OC(C)(C)C=C2. The summed E-state index contributed by atoms with van der Waals surface area (Å²) >= 11 is 0. The van der Waals surface area contributed by atoms with Gasteiger partial charge in [-0.1, -0.05) is 30.2 Å². The molecule has 1 aromatic carbocycles. The molecule has 1 aromatic rings. The summed E-state index contributed by atoms with van der Waals surface area (Å²) in [5.74, 6) is -3.90. The fourth-order valence-electron chi connectivity index (χ4n) is 5.42. The molecule has 0 saturated heterocycles.